The van der Waals surface area contributed by atoms with Gasteiger partial charge in [-0.05, 0) is 5.92 Å². The number of hydrogen-bond donors (Lipinski definition) is 1. The van der Waals surface area contributed by atoms with Crippen molar-refractivity contribution in [2.24, 2.45) is 11.8 Å². The van der Waals surface area contributed by atoms with Crippen molar-refractivity contribution in [2.45, 2.75) is 19.4 Å². The minimum absolute atomic E-state index is 0. The molecule has 1 fully saturated rings. The van der Waals surface area contributed by atoms with Gasteiger partial charge in [-0.1, -0.05) is 30.3 Å². The van der Waals surface area contributed by atoms with Crippen molar-refractivity contribution < 1.29 is 36.4 Å². The van der Waals surface area contributed by atoms with Crippen molar-refractivity contribution in [1.82, 2.24) is 0 Å². The Labute approximate surface area is 143 Å². The largest absolute Gasteiger partial charge is 1.00 e. The molecule has 0 spiro atoms. The number of esters is 2. The van der Waals surface area contributed by atoms with E-state index in [0.29, 0.717) is 0 Å². The van der Waals surface area contributed by atoms with Crippen LogP contribution in [0.2, 0.25) is 0 Å². The predicted octanol–water partition coefficient (Wildman–Crippen LogP) is -2.55. The molecule has 0 bridgehead atoms. The Morgan fingerprint density at radius 3 is 2.09 bits per heavy atom. The second-order valence-electron chi connectivity index (χ2n) is 5.77. The van der Waals surface area contributed by atoms with Crippen LogP contribution in [0.4, 0.5) is 0 Å². The number of methoxy groups -OCH3 is 2. The summed E-state index contributed by atoms with van der Waals surface area (Å²) in [4.78, 5) is 25.2. The third-order valence-corrected chi connectivity index (χ3v) is 4.42. The summed E-state index contributed by atoms with van der Waals surface area (Å²) in [5.41, 5.74) is 1.31. The zero-order chi connectivity index (χ0) is 15.9. The molecule has 0 aliphatic carbocycles. The Morgan fingerprint density at radius 1 is 1.09 bits per heavy atom. The molecule has 1 aliphatic rings. The highest BCUT2D eigenvalue weighted by Gasteiger charge is 2.39. The number of benzene rings is 1. The molecule has 1 N–H and O–H groups in total. The van der Waals surface area contributed by atoms with Crippen molar-refractivity contribution in [1.29, 1.82) is 0 Å². The van der Waals surface area contributed by atoms with E-state index in [9.17, 15) is 9.59 Å². The number of carbonyl (C=O) groups is 2. The van der Waals surface area contributed by atoms with E-state index >= 15 is 0 Å². The van der Waals surface area contributed by atoms with Gasteiger partial charge in [0.25, 0.3) is 0 Å². The zero-order valence-electron chi connectivity index (χ0n) is 13.6. The average molecular weight is 342 g/mol. The van der Waals surface area contributed by atoms with Crippen molar-refractivity contribution in [2.75, 3.05) is 27.3 Å². The van der Waals surface area contributed by atoms with Crippen LogP contribution >= 0.6 is 0 Å². The third-order valence-electron chi connectivity index (χ3n) is 4.42. The molecular formula is C17H24ClNO4. The van der Waals surface area contributed by atoms with E-state index < -0.39 is 17.9 Å². The second kappa shape index (κ2) is 9.53. The van der Waals surface area contributed by atoms with E-state index in [2.05, 4.69) is 12.1 Å². The fraction of sp³-hybridized carbons (Fsp3) is 0.529. The van der Waals surface area contributed by atoms with E-state index in [1.807, 2.05) is 18.2 Å². The van der Waals surface area contributed by atoms with Gasteiger partial charge in [0.05, 0.1) is 27.3 Å². The summed E-state index contributed by atoms with van der Waals surface area (Å²) in [6, 6.07) is 10.4. The lowest BCUT2D eigenvalue weighted by Crippen LogP contribution is -3.11. The molecule has 1 saturated heterocycles. The first-order chi connectivity index (χ1) is 10.7. The molecule has 23 heavy (non-hydrogen) atoms. The van der Waals surface area contributed by atoms with Gasteiger partial charge in [0.2, 0.25) is 0 Å². The predicted molar refractivity (Wildman–Crippen MR) is 81.1 cm³/mol. The summed E-state index contributed by atoms with van der Waals surface area (Å²) in [5.74, 6) is -1.74. The Hall–Kier alpha value is -1.59. The number of ether oxygens (including phenoxy) is 2. The summed E-state index contributed by atoms with van der Waals surface area (Å²) in [5, 5.41) is 0. The molecule has 128 valence electrons. The molecule has 0 unspecified atom stereocenters. The van der Waals surface area contributed by atoms with Gasteiger partial charge in [0.1, 0.15) is 6.54 Å². The minimum atomic E-state index is -0.784. The fourth-order valence-electron chi connectivity index (χ4n) is 3.18. The van der Waals surface area contributed by atoms with Gasteiger partial charge in [-0.2, -0.15) is 0 Å². The van der Waals surface area contributed by atoms with E-state index in [1.54, 1.807) is 0 Å². The Balaban J connectivity index is 0.00000264. The van der Waals surface area contributed by atoms with Crippen LogP contribution in [0.5, 0.6) is 0 Å². The first-order valence-electron chi connectivity index (χ1n) is 7.69. The van der Waals surface area contributed by atoms with Gasteiger partial charge in [0.15, 0.2) is 5.92 Å². The van der Waals surface area contributed by atoms with Gasteiger partial charge in [-0.25, -0.2) is 0 Å². The van der Waals surface area contributed by atoms with Crippen LogP contribution in [-0.4, -0.2) is 39.2 Å². The van der Waals surface area contributed by atoms with Crippen LogP contribution in [0.25, 0.3) is 0 Å². The highest BCUT2D eigenvalue weighted by atomic mass is 35.5. The third kappa shape index (κ3) is 5.22. The number of piperidine rings is 1. The maximum Gasteiger partial charge on any atom is 0.320 e. The molecule has 0 radical (unpaired) electrons. The fourth-order valence-corrected chi connectivity index (χ4v) is 3.18. The highest BCUT2D eigenvalue weighted by molar-refractivity contribution is 5.95. The van der Waals surface area contributed by atoms with Crippen LogP contribution in [0, 0.1) is 11.8 Å². The van der Waals surface area contributed by atoms with E-state index in [0.717, 1.165) is 32.5 Å². The van der Waals surface area contributed by atoms with Gasteiger partial charge >= 0.3 is 11.9 Å². The zero-order valence-corrected chi connectivity index (χ0v) is 14.3. The first-order valence-corrected chi connectivity index (χ1v) is 7.69. The maximum absolute atomic E-state index is 11.9. The normalized spacial score (nSPS) is 20.5. The minimum Gasteiger partial charge on any atom is -1.00 e. The summed E-state index contributed by atoms with van der Waals surface area (Å²) in [7, 11) is 2.63. The van der Waals surface area contributed by atoms with Gasteiger partial charge < -0.3 is 26.8 Å². The molecule has 1 aliphatic heterocycles. The number of hydrogen-bond acceptors (Lipinski definition) is 4. The van der Waals surface area contributed by atoms with Gasteiger partial charge in [-0.15, -0.1) is 0 Å². The standard InChI is InChI=1S/C17H23NO4.ClH/c1-21-16(19)15(17(20)22-2)14-8-10-18(11-9-14)12-13-6-4-3-5-7-13;/h3-7,14-15H,8-12H2,1-2H3;1H. The number of halogens is 1. The lowest BCUT2D eigenvalue weighted by Gasteiger charge is -2.31. The van der Waals surface area contributed by atoms with Gasteiger partial charge in [0, 0.05) is 18.4 Å². The molecule has 1 heterocycles. The number of nitrogens with one attached hydrogen (secondary N) is 1. The van der Waals surface area contributed by atoms with E-state index in [-0.39, 0.29) is 18.3 Å². The number of likely N-dealkylation sites (tertiary alicyclic amines) is 1. The van der Waals surface area contributed by atoms with Gasteiger partial charge in [-0.3, -0.25) is 9.59 Å². The molecule has 0 amide bonds. The van der Waals surface area contributed by atoms with Crippen molar-refractivity contribution in [3.63, 3.8) is 0 Å². The molecule has 0 aromatic heterocycles. The lowest BCUT2D eigenvalue weighted by atomic mass is 9.84. The second-order valence-corrected chi connectivity index (χ2v) is 5.77. The number of quaternary nitrogens is 1. The summed E-state index contributed by atoms with van der Waals surface area (Å²) in [6.07, 6.45) is 1.66. The van der Waals surface area contributed by atoms with Crippen LogP contribution in [-0.2, 0) is 25.6 Å². The van der Waals surface area contributed by atoms with Crippen molar-refractivity contribution in [3.05, 3.63) is 35.9 Å². The molecular weight excluding hydrogens is 318 g/mol. The Kier molecular flexibility index (Phi) is 8.06. The lowest BCUT2D eigenvalue weighted by molar-refractivity contribution is -0.919. The van der Waals surface area contributed by atoms with Crippen LogP contribution in [0.15, 0.2) is 30.3 Å². The quantitative estimate of drug-likeness (QED) is 0.473. The molecule has 5 nitrogen and oxygen atoms in total. The maximum atomic E-state index is 11.9. The molecule has 0 atom stereocenters. The number of carbonyl (C=O) groups excluding carboxylic acids is 2. The van der Waals surface area contributed by atoms with E-state index in [4.69, 9.17) is 9.47 Å². The topological polar surface area (TPSA) is 57.0 Å². The summed E-state index contributed by atoms with van der Waals surface area (Å²) >= 11 is 0. The van der Waals surface area contributed by atoms with E-state index in [1.165, 1.54) is 24.7 Å². The smallest absolute Gasteiger partial charge is 0.320 e. The van der Waals surface area contributed by atoms with Crippen LogP contribution < -0.4 is 17.3 Å². The Bertz CT molecular complexity index is 485. The molecule has 2 rings (SSSR count). The molecule has 6 heteroatoms. The first kappa shape index (κ1) is 19.5. The molecule has 0 saturated carbocycles. The van der Waals surface area contributed by atoms with Crippen LogP contribution in [0.1, 0.15) is 18.4 Å². The average Bonchev–Trinajstić information content (AvgIpc) is 2.57. The number of rotatable bonds is 5. The SMILES string of the molecule is COC(=O)C(C(=O)OC)C1CC[NH+](Cc2ccccc2)CC1.[Cl-]. The highest BCUT2D eigenvalue weighted by Crippen LogP contribution is 2.23. The Morgan fingerprint density at radius 2 is 1.61 bits per heavy atom. The molecule has 1 aromatic carbocycles. The summed E-state index contributed by atoms with van der Waals surface area (Å²) < 4.78 is 9.53. The van der Waals surface area contributed by atoms with Crippen LogP contribution in [0.3, 0.4) is 0 Å². The van der Waals surface area contributed by atoms with Crippen molar-refractivity contribution >= 4 is 11.9 Å². The monoisotopic (exact) mass is 341 g/mol. The summed E-state index contributed by atoms with van der Waals surface area (Å²) in [6.45, 7) is 2.88. The molecule has 1 aromatic rings. The van der Waals surface area contributed by atoms with Crippen molar-refractivity contribution in [3.8, 4) is 0 Å².